The number of methoxy groups -OCH3 is 1. The molecule has 0 amide bonds. The Bertz CT molecular complexity index is 1220. The maximum absolute atomic E-state index is 12.8. The quantitative estimate of drug-likeness (QED) is 0.336. The zero-order valence-electron chi connectivity index (χ0n) is 18.0. The van der Waals surface area contributed by atoms with Gasteiger partial charge in [0, 0.05) is 39.2 Å². The third-order valence-electron chi connectivity index (χ3n) is 5.02. The lowest BCUT2D eigenvalue weighted by molar-refractivity contribution is -0.114. The fourth-order valence-electron chi connectivity index (χ4n) is 3.60. The first-order chi connectivity index (χ1) is 15.9. The molecule has 0 bridgehead atoms. The second kappa shape index (κ2) is 10.6. The van der Waals surface area contributed by atoms with E-state index in [-0.39, 0.29) is 11.8 Å². The van der Waals surface area contributed by atoms with E-state index in [2.05, 4.69) is 14.9 Å². The number of rotatable bonds is 7. The summed E-state index contributed by atoms with van der Waals surface area (Å²) in [6.07, 6.45) is 3.54. The lowest BCUT2D eigenvalue weighted by Crippen LogP contribution is -2.38. The van der Waals surface area contributed by atoms with Crippen LogP contribution in [-0.4, -0.2) is 32.9 Å². The zero-order chi connectivity index (χ0) is 23.5. The van der Waals surface area contributed by atoms with Crippen molar-refractivity contribution in [1.29, 1.82) is 0 Å². The van der Waals surface area contributed by atoms with Gasteiger partial charge >= 0.3 is 0 Å². The molecule has 0 fully saturated rings. The number of aliphatic imine (C=N–C) groups is 1. The van der Waals surface area contributed by atoms with Gasteiger partial charge in [-0.15, -0.1) is 22.7 Å². The summed E-state index contributed by atoms with van der Waals surface area (Å²) >= 11 is 16.6. The number of carbonyl (C=O) groups excluding carboxylic acids is 1. The van der Waals surface area contributed by atoms with Gasteiger partial charge in [0.05, 0.1) is 19.7 Å². The minimum atomic E-state index is -0.306. The van der Waals surface area contributed by atoms with Crippen molar-refractivity contribution in [3.8, 4) is 5.75 Å². The van der Waals surface area contributed by atoms with E-state index in [4.69, 9.17) is 32.9 Å². The van der Waals surface area contributed by atoms with Crippen molar-refractivity contribution in [2.45, 2.75) is 32.2 Å². The number of Topliss-reactive ketones (excluding diaryl/α,β-unsaturated/α-hetero) is 1. The van der Waals surface area contributed by atoms with Crippen LogP contribution >= 0.6 is 57.6 Å². The summed E-state index contributed by atoms with van der Waals surface area (Å²) < 4.78 is 6.32. The highest BCUT2D eigenvalue weighted by molar-refractivity contribution is 8.13. The number of nitrogens with zero attached hydrogens (tertiary/aromatic N) is 4. The molecule has 3 aromatic rings. The number of hydrogen-bond acceptors (Lipinski definition) is 9. The molecule has 0 aliphatic carbocycles. The van der Waals surface area contributed by atoms with Crippen LogP contribution in [0, 0.1) is 0 Å². The van der Waals surface area contributed by atoms with Gasteiger partial charge < -0.3 is 9.64 Å². The van der Waals surface area contributed by atoms with E-state index in [1.807, 2.05) is 31.2 Å². The Balaban J connectivity index is 1.76. The average molecular weight is 540 g/mol. The highest BCUT2D eigenvalue weighted by atomic mass is 35.5. The molecule has 0 N–H and O–H groups in total. The van der Waals surface area contributed by atoms with Crippen molar-refractivity contribution in [1.82, 2.24) is 14.9 Å². The first-order valence-corrected chi connectivity index (χ1v) is 13.3. The van der Waals surface area contributed by atoms with Crippen LogP contribution in [0.2, 0.25) is 8.93 Å². The van der Waals surface area contributed by atoms with Gasteiger partial charge in [-0.2, -0.15) is 0 Å². The van der Waals surface area contributed by atoms with E-state index in [1.165, 1.54) is 22.7 Å². The Kier molecular flexibility index (Phi) is 7.76. The zero-order valence-corrected chi connectivity index (χ0v) is 22.0. The number of ketones is 1. The molecule has 3 heterocycles. The Labute approximate surface area is 214 Å². The van der Waals surface area contributed by atoms with Crippen LogP contribution in [0.5, 0.6) is 5.75 Å². The number of thioether (sulfide) groups is 1. The SMILES string of the molecule is COc1ccc(C2C(C(C)=O)=C(C)N=C(SCc3cnc(Cl)s3)N2Cc2cnc(Cl)s2)cc1. The largest absolute Gasteiger partial charge is 0.497 e. The number of benzene rings is 1. The molecule has 0 saturated heterocycles. The van der Waals surface area contributed by atoms with Crippen molar-refractivity contribution in [3.05, 3.63) is 72.2 Å². The second-order valence-electron chi connectivity index (χ2n) is 7.20. The van der Waals surface area contributed by atoms with E-state index in [0.29, 0.717) is 32.5 Å². The molecule has 1 unspecified atom stereocenters. The van der Waals surface area contributed by atoms with Gasteiger partial charge in [0.15, 0.2) is 19.9 Å². The van der Waals surface area contributed by atoms with Crippen molar-refractivity contribution in [2.24, 2.45) is 4.99 Å². The Morgan fingerprint density at radius 1 is 1.12 bits per heavy atom. The van der Waals surface area contributed by atoms with E-state index in [1.54, 1.807) is 38.2 Å². The third kappa shape index (κ3) is 5.60. The molecule has 1 aliphatic heterocycles. The Hall–Kier alpha value is -1.91. The number of allylic oxidation sites excluding steroid dienone is 1. The van der Waals surface area contributed by atoms with Gasteiger partial charge in [0.2, 0.25) is 0 Å². The summed E-state index contributed by atoms with van der Waals surface area (Å²) in [6.45, 7) is 3.99. The van der Waals surface area contributed by atoms with E-state index < -0.39 is 0 Å². The summed E-state index contributed by atoms with van der Waals surface area (Å²) in [5, 5.41) is 0.812. The lowest BCUT2D eigenvalue weighted by atomic mass is 9.92. The van der Waals surface area contributed by atoms with Crippen LogP contribution in [0.3, 0.4) is 0 Å². The summed E-state index contributed by atoms with van der Waals surface area (Å²) in [5.41, 5.74) is 2.36. The summed E-state index contributed by atoms with van der Waals surface area (Å²) in [5.74, 6) is 1.41. The predicted octanol–water partition coefficient (Wildman–Crippen LogP) is 6.62. The first kappa shape index (κ1) is 24.2. The second-order valence-corrected chi connectivity index (χ2v) is 11.5. The van der Waals surface area contributed by atoms with E-state index in [9.17, 15) is 4.79 Å². The van der Waals surface area contributed by atoms with Crippen LogP contribution < -0.4 is 4.74 Å². The van der Waals surface area contributed by atoms with Crippen LogP contribution in [-0.2, 0) is 17.1 Å². The molecular formula is C22H20Cl2N4O2S3. The highest BCUT2D eigenvalue weighted by Gasteiger charge is 2.35. The molecule has 0 spiro atoms. The Morgan fingerprint density at radius 3 is 2.30 bits per heavy atom. The van der Waals surface area contributed by atoms with E-state index >= 15 is 0 Å². The van der Waals surface area contributed by atoms with Crippen molar-refractivity contribution in [3.63, 3.8) is 0 Å². The number of amidine groups is 1. The topological polar surface area (TPSA) is 67.7 Å². The minimum Gasteiger partial charge on any atom is -0.497 e. The first-order valence-electron chi connectivity index (χ1n) is 9.90. The monoisotopic (exact) mass is 538 g/mol. The number of ether oxygens (including phenoxy) is 1. The summed E-state index contributed by atoms with van der Waals surface area (Å²) in [7, 11) is 1.63. The molecule has 11 heteroatoms. The molecule has 0 saturated carbocycles. The number of carbonyl (C=O) groups is 1. The number of hydrogen-bond donors (Lipinski definition) is 0. The molecule has 6 nitrogen and oxygen atoms in total. The maximum atomic E-state index is 12.8. The molecule has 33 heavy (non-hydrogen) atoms. The maximum Gasteiger partial charge on any atom is 0.183 e. The molecule has 1 aliphatic rings. The number of thiazole rings is 2. The Morgan fingerprint density at radius 2 is 1.76 bits per heavy atom. The fourth-order valence-corrected chi connectivity index (χ4v) is 6.64. The van der Waals surface area contributed by atoms with Crippen molar-refractivity contribution < 1.29 is 9.53 Å². The standard InChI is InChI=1S/C22H20Cl2N4O2S3/c1-12-18(13(2)29)19(14-4-6-15(30-3)7-5-14)28(10-16-8-25-20(23)32-16)22(27-12)31-11-17-9-26-21(24)33-17/h4-9,19H,10-11H2,1-3H3. The number of aromatic nitrogens is 2. The van der Waals surface area contributed by atoms with Gasteiger partial charge in [-0.3, -0.25) is 4.79 Å². The average Bonchev–Trinajstić information content (AvgIpc) is 3.40. The van der Waals surface area contributed by atoms with Gasteiger partial charge in [-0.25, -0.2) is 15.0 Å². The van der Waals surface area contributed by atoms with Crippen molar-refractivity contribution in [2.75, 3.05) is 7.11 Å². The fraction of sp³-hybridized carbons (Fsp3) is 0.273. The smallest absolute Gasteiger partial charge is 0.183 e. The summed E-state index contributed by atoms with van der Waals surface area (Å²) in [4.78, 5) is 30.1. The molecule has 172 valence electrons. The molecular weight excluding hydrogens is 519 g/mol. The molecule has 1 aromatic carbocycles. The van der Waals surface area contributed by atoms with Crippen LogP contribution in [0.4, 0.5) is 0 Å². The highest BCUT2D eigenvalue weighted by Crippen LogP contribution is 2.40. The summed E-state index contributed by atoms with van der Waals surface area (Å²) in [6, 6.07) is 7.48. The van der Waals surface area contributed by atoms with Gasteiger partial charge in [-0.1, -0.05) is 47.1 Å². The van der Waals surface area contributed by atoms with Crippen molar-refractivity contribution >= 4 is 68.6 Å². The number of halogens is 2. The predicted molar refractivity (Wildman–Crippen MR) is 138 cm³/mol. The normalized spacial score (nSPS) is 16.2. The van der Waals surface area contributed by atoms with Crippen LogP contribution in [0.1, 0.15) is 35.2 Å². The van der Waals surface area contributed by atoms with E-state index in [0.717, 1.165) is 26.2 Å². The van der Waals surface area contributed by atoms with Gasteiger partial charge in [0.1, 0.15) is 5.75 Å². The van der Waals surface area contributed by atoms with Crippen LogP contribution in [0.15, 0.2) is 52.9 Å². The van der Waals surface area contributed by atoms with Gasteiger partial charge in [-0.05, 0) is 31.5 Å². The molecule has 1 atom stereocenters. The molecule has 4 rings (SSSR count). The lowest BCUT2D eigenvalue weighted by Gasteiger charge is -2.38. The van der Waals surface area contributed by atoms with Gasteiger partial charge in [0.25, 0.3) is 0 Å². The molecule has 2 aromatic heterocycles. The minimum absolute atomic E-state index is 0.0114. The third-order valence-corrected chi connectivity index (χ3v) is 8.45. The van der Waals surface area contributed by atoms with Crippen LogP contribution in [0.25, 0.3) is 0 Å². The molecule has 0 radical (unpaired) electrons.